The van der Waals surface area contributed by atoms with Gasteiger partial charge in [-0.05, 0) is 31.9 Å². The average molecular weight is 291 g/mol. The van der Waals surface area contributed by atoms with Gasteiger partial charge in [-0.2, -0.15) is 4.98 Å². The second-order valence-corrected chi connectivity index (χ2v) is 5.38. The average Bonchev–Trinajstić information content (AvgIpc) is 3.17. The molecule has 0 aliphatic heterocycles. The second-order valence-electron chi connectivity index (χ2n) is 5.38. The van der Waals surface area contributed by atoms with Gasteiger partial charge in [0.2, 0.25) is 5.82 Å². The Kier molecular flexibility index (Phi) is 4.07. The van der Waals surface area contributed by atoms with Crippen LogP contribution in [0.1, 0.15) is 50.6 Å². The highest BCUT2D eigenvalue weighted by Gasteiger charge is 2.39. The van der Waals surface area contributed by atoms with Crippen molar-refractivity contribution in [1.29, 1.82) is 0 Å². The minimum absolute atomic E-state index is 0.351. The van der Waals surface area contributed by atoms with Crippen molar-refractivity contribution in [2.75, 3.05) is 6.61 Å². The SMILES string of the molecule is CCOC1(c2noc(-c3ccc(CN)o3)n2)CCCCC1. The Morgan fingerprint density at radius 3 is 2.76 bits per heavy atom. The summed E-state index contributed by atoms with van der Waals surface area (Å²) in [6.07, 6.45) is 5.36. The lowest BCUT2D eigenvalue weighted by Crippen LogP contribution is -2.33. The lowest BCUT2D eigenvalue weighted by Gasteiger charge is -2.33. The maximum Gasteiger partial charge on any atom is 0.293 e. The van der Waals surface area contributed by atoms with Crippen LogP contribution in [0.5, 0.6) is 0 Å². The van der Waals surface area contributed by atoms with Crippen LogP contribution in [0.3, 0.4) is 0 Å². The van der Waals surface area contributed by atoms with Gasteiger partial charge < -0.3 is 19.4 Å². The molecule has 1 saturated carbocycles. The molecule has 3 rings (SSSR count). The van der Waals surface area contributed by atoms with E-state index in [0.717, 1.165) is 25.7 Å². The third-order valence-corrected chi connectivity index (χ3v) is 3.99. The van der Waals surface area contributed by atoms with Gasteiger partial charge in [-0.25, -0.2) is 0 Å². The minimum Gasteiger partial charge on any atom is -0.455 e. The Morgan fingerprint density at radius 2 is 2.10 bits per heavy atom. The number of nitrogens with two attached hydrogens (primary N) is 1. The van der Waals surface area contributed by atoms with E-state index >= 15 is 0 Å². The molecule has 1 aliphatic carbocycles. The number of hydrogen-bond acceptors (Lipinski definition) is 6. The molecule has 2 N–H and O–H groups in total. The summed E-state index contributed by atoms with van der Waals surface area (Å²) in [5.41, 5.74) is 5.14. The van der Waals surface area contributed by atoms with Crippen molar-refractivity contribution >= 4 is 0 Å². The van der Waals surface area contributed by atoms with E-state index in [9.17, 15) is 0 Å². The molecule has 2 aromatic heterocycles. The van der Waals surface area contributed by atoms with Crippen molar-refractivity contribution in [2.24, 2.45) is 5.73 Å². The maximum absolute atomic E-state index is 6.00. The van der Waals surface area contributed by atoms with Crippen LogP contribution < -0.4 is 5.73 Å². The zero-order chi connectivity index (χ0) is 14.7. The van der Waals surface area contributed by atoms with Gasteiger partial charge in [-0.15, -0.1) is 0 Å². The van der Waals surface area contributed by atoms with Gasteiger partial charge in [-0.3, -0.25) is 0 Å². The van der Waals surface area contributed by atoms with Gasteiger partial charge in [0.25, 0.3) is 5.89 Å². The van der Waals surface area contributed by atoms with E-state index in [4.69, 9.17) is 19.4 Å². The van der Waals surface area contributed by atoms with Crippen molar-refractivity contribution in [1.82, 2.24) is 10.1 Å². The summed E-state index contributed by atoms with van der Waals surface area (Å²) in [5, 5.41) is 4.14. The smallest absolute Gasteiger partial charge is 0.293 e. The first-order valence-electron chi connectivity index (χ1n) is 7.55. The molecule has 1 aliphatic rings. The highest BCUT2D eigenvalue weighted by Crippen LogP contribution is 2.39. The molecular formula is C15H21N3O3. The van der Waals surface area contributed by atoms with Crippen LogP contribution in [0, 0.1) is 0 Å². The normalized spacial score (nSPS) is 18.0. The van der Waals surface area contributed by atoms with Crippen LogP contribution >= 0.6 is 0 Å². The standard InChI is InChI=1S/C15H21N3O3/c1-2-19-15(8-4-3-5-9-15)14-17-13(21-18-14)12-7-6-11(10-16)20-12/h6-7H,2-5,8-10,16H2,1H3. The van der Waals surface area contributed by atoms with Crippen molar-refractivity contribution in [3.05, 3.63) is 23.7 Å². The molecule has 6 nitrogen and oxygen atoms in total. The first-order valence-corrected chi connectivity index (χ1v) is 7.55. The lowest BCUT2D eigenvalue weighted by atomic mass is 9.84. The second kappa shape index (κ2) is 5.99. The molecule has 0 spiro atoms. The van der Waals surface area contributed by atoms with Crippen molar-refractivity contribution < 1.29 is 13.7 Å². The quantitative estimate of drug-likeness (QED) is 0.911. The van der Waals surface area contributed by atoms with Gasteiger partial charge in [-0.1, -0.05) is 24.4 Å². The molecule has 0 aromatic carbocycles. The molecule has 0 atom stereocenters. The molecule has 1 fully saturated rings. The highest BCUT2D eigenvalue weighted by atomic mass is 16.5. The summed E-state index contributed by atoms with van der Waals surface area (Å²) in [4.78, 5) is 4.51. The summed E-state index contributed by atoms with van der Waals surface area (Å²) in [6, 6.07) is 3.62. The number of aromatic nitrogens is 2. The Balaban J connectivity index is 1.88. The van der Waals surface area contributed by atoms with E-state index in [1.807, 2.05) is 13.0 Å². The minimum atomic E-state index is -0.405. The molecule has 0 bridgehead atoms. The third kappa shape index (κ3) is 2.73. The molecule has 114 valence electrons. The predicted molar refractivity (Wildman–Crippen MR) is 76.3 cm³/mol. The summed E-state index contributed by atoms with van der Waals surface area (Å²) < 4.78 is 16.9. The topological polar surface area (TPSA) is 87.3 Å². The van der Waals surface area contributed by atoms with Gasteiger partial charge in [0.15, 0.2) is 5.76 Å². The number of rotatable bonds is 5. The van der Waals surface area contributed by atoms with E-state index in [2.05, 4.69) is 10.1 Å². The molecule has 21 heavy (non-hydrogen) atoms. The maximum atomic E-state index is 6.00. The number of hydrogen-bond donors (Lipinski definition) is 1. The number of furan rings is 1. The Morgan fingerprint density at radius 1 is 1.29 bits per heavy atom. The zero-order valence-corrected chi connectivity index (χ0v) is 12.3. The molecule has 2 heterocycles. The summed E-state index contributed by atoms with van der Waals surface area (Å²) in [7, 11) is 0. The fourth-order valence-corrected chi connectivity index (χ4v) is 2.94. The van der Waals surface area contributed by atoms with Crippen LogP contribution in [-0.2, 0) is 16.9 Å². The summed E-state index contributed by atoms with van der Waals surface area (Å²) in [6.45, 7) is 2.99. The molecule has 2 aromatic rings. The number of nitrogens with zero attached hydrogens (tertiary/aromatic N) is 2. The molecular weight excluding hydrogens is 270 g/mol. The van der Waals surface area contributed by atoms with E-state index in [0.29, 0.717) is 36.4 Å². The fraction of sp³-hybridized carbons (Fsp3) is 0.600. The van der Waals surface area contributed by atoms with Crippen LogP contribution in [-0.4, -0.2) is 16.7 Å². The molecule has 0 radical (unpaired) electrons. The van der Waals surface area contributed by atoms with E-state index in [1.165, 1.54) is 6.42 Å². The first-order chi connectivity index (χ1) is 10.3. The van der Waals surface area contributed by atoms with Crippen LogP contribution in [0.4, 0.5) is 0 Å². The fourth-order valence-electron chi connectivity index (χ4n) is 2.94. The van der Waals surface area contributed by atoms with Gasteiger partial charge in [0.1, 0.15) is 11.4 Å². The van der Waals surface area contributed by atoms with Gasteiger partial charge >= 0.3 is 0 Å². The van der Waals surface area contributed by atoms with Crippen LogP contribution in [0.2, 0.25) is 0 Å². The Hall–Kier alpha value is -1.66. The van der Waals surface area contributed by atoms with Crippen molar-refractivity contribution in [3.63, 3.8) is 0 Å². The van der Waals surface area contributed by atoms with Gasteiger partial charge in [0.05, 0.1) is 6.54 Å². The predicted octanol–water partition coefficient (Wildman–Crippen LogP) is 2.98. The van der Waals surface area contributed by atoms with E-state index < -0.39 is 5.60 Å². The third-order valence-electron chi connectivity index (χ3n) is 3.99. The first kappa shape index (κ1) is 14.3. The van der Waals surface area contributed by atoms with Crippen LogP contribution in [0.15, 0.2) is 21.1 Å². The molecule has 6 heteroatoms. The Labute approximate surface area is 123 Å². The molecule has 0 unspecified atom stereocenters. The Bertz CT molecular complexity index is 579. The van der Waals surface area contributed by atoms with E-state index in [1.54, 1.807) is 6.07 Å². The monoisotopic (exact) mass is 291 g/mol. The summed E-state index contributed by atoms with van der Waals surface area (Å²) in [5.74, 6) is 2.26. The van der Waals surface area contributed by atoms with E-state index in [-0.39, 0.29) is 0 Å². The van der Waals surface area contributed by atoms with Crippen molar-refractivity contribution in [3.8, 4) is 11.7 Å². The molecule has 0 amide bonds. The van der Waals surface area contributed by atoms with Gasteiger partial charge in [0, 0.05) is 6.61 Å². The summed E-state index contributed by atoms with van der Waals surface area (Å²) >= 11 is 0. The zero-order valence-electron chi connectivity index (χ0n) is 12.3. The number of ether oxygens (including phenoxy) is 1. The largest absolute Gasteiger partial charge is 0.455 e. The van der Waals surface area contributed by atoms with Crippen molar-refractivity contribution in [2.45, 2.75) is 51.2 Å². The molecule has 0 saturated heterocycles. The highest BCUT2D eigenvalue weighted by molar-refractivity contribution is 5.44. The van der Waals surface area contributed by atoms with Crippen LogP contribution in [0.25, 0.3) is 11.7 Å². The lowest BCUT2D eigenvalue weighted by molar-refractivity contribution is -0.0777.